The molecule has 21 heavy (non-hydrogen) atoms. The van der Waals surface area contributed by atoms with E-state index in [4.69, 9.17) is 26.6 Å². The summed E-state index contributed by atoms with van der Waals surface area (Å²) in [5, 5.41) is 0. The number of hydrogen-bond acceptors (Lipinski definition) is 9. The van der Waals surface area contributed by atoms with Gasteiger partial charge in [0.15, 0.2) is 0 Å². The first-order chi connectivity index (χ1) is 10.1. The van der Waals surface area contributed by atoms with E-state index >= 15 is 0 Å². The highest BCUT2D eigenvalue weighted by atomic mass is 33.5. The van der Waals surface area contributed by atoms with Crippen LogP contribution in [0, 0.1) is 0 Å². The summed E-state index contributed by atoms with van der Waals surface area (Å²) in [4.78, 5) is 0. The van der Waals surface area contributed by atoms with Gasteiger partial charge in [-0.25, -0.2) is 0 Å². The fourth-order valence-corrected chi connectivity index (χ4v) is 10.6. The van der Waals surface area contributed by atoms with E-state index in [1.165, 1.54) is 0 Å². The lowest BCUT2D eigenvalue weighted by molar-refractivity contribution is 0.125. The van der Waals surface area contributed by atoms with E-state index in [1.54, 1.807) is 74.1 Å². The second kappa shape index (κ2) is 12.6. The molecule has 0 N–H and O–H groups in total. The summed E-state index contributed by atoms with van der Waals surface area (Å²) in [6, 6.07) is 1.59. The average molecular weight is 395 g/mol. The topological polar surface area (TPSA) is 55.4 Å². The Kier molecular flexibility index (Phi) is 13.4. The third-order valence-electron chi connectivity index (χ3n) is 2.95. The predicted octanol–water partition coefficient (Wildman–Crippen LogP) is 2.77. The van der Waals surface area contributed by atoms with E-state index in [0.29, 0.717) is 0 Å². The molecular formula is C10H26O6S3Si2. The minimum absolute atomic E-state index is 0.793. The standard InChI is InChI=1S/C10H26O6S3Si2/c1-11-20(12-2,13-3)9-7-17-19-18-8-10-21(14-4,15-5)16-6/h7-10H2,1-6H3. The van der Waals surface area contributed by atoms with E-state index in [9.17, 15) is 0 Å². The summed E-state index contributed by atoms with van der Waals surface area (Å²) in [5.41, 5.74) is 0. The van der Waals surface area contributed by atoms with Crippen LogP contribution in [0.1, 0.15) is 0 Å². The molecule has 0 unspecified atom stereocenters. The lowest BCUT2D eigenvalue weighted by atomic mass is 11.0. The molecule has 0 atom stereocenters. The highest BCUT2D eigenvalue weighted by Crippen LogP contribution is 2.37. The second-order valence-corrected chi connectivity index (χ2v) is 14.5. The van der Waals surface area contributed by atoms with Gasteiger partial charge in [-0.15, -0.1) is 0 Å². The Morgan fingerprint density at radius 1 is 0.571 bits per heavy atom. The van der Waals surface area contributed by atoms with Crippen molar-refractivity contribution in [1.29, 1.82) is 0 Å². The minimum atomic E-state index is -2.43. The van der Waals surface area contributed by atoms with E-state index in [1.807, 2.05) is 0 Å². The number of hydrogen-bond donors (Lipinski definition) is 0. The van der Waals surface area contributed by atoms with Crippen LogP contribution in [0.3, 0.4) is 0 Å². The molecule has 11 heteroatoms. The van der Waals surface area contributed by atoms with E-state index in [2.05, 4.69) is 0 Å². The summed E-state index contributed by atoms with van der Waals surface area (Å²) in [7, 11) is 10.2. The zero-order valence-corrected chi connectivity index (χ0v) is 18.0. The molecule has 0 spiro atoms. The van der Waals surface area contributed by atoms with Crippen molar-refractivity contribution < 1.29 is 26.6 Å². The maximum absolute atomic E-state index is 5.37. The second-order valence-electron chi connectivity index (χ2n) is 3.80. The van der Waals surface area contributed by atoms with E-state index in [-0.39, 0.29) is 0 Å². The van der Waals surface area contributed by atoms with Crippen molar-refractivity contribution in [2.75, 3.05) is 54.2 Å². The molecule has 6 nitrogen and oxygen atoms in total. The van der Waals surface area contributed by atoms with Crippen LogP contribution in [0.5, 0.6) is 0 Å². The summed E-state index contributed by atoms with van der Waals surface area (Å²) in [6.45, 7) is 0. The van der Waals surface area contributed by atoms with E-state index < -0.39 is 17.6 Å². The summed E-state index contributed by atoms with van der Waals surface area (Å²) >= 11 is 0. The Balaban J connectivity index is 3.78. The first-order valence-electron chi connectivity index (χ1n) is 6.29. The molecule has 0 aliphatic heterocycles. The van der Waals surface area contributed by atoms with Crippen molar-refractivity contribution in [2.45, 2.75) is 12.1 Å². The Bertz CT molecular complexity index is 216. The van der Waals surface area contributed by atoms with Gasteiger partial charge in [-0.2, -0.15) is 0 Å². The van der Waals surface area contributed by atoms with Crippen molar-refractivity contribution in [3.8, 4) is 0 Å². The highest BCUT2D eigenvalue weighted by molar-refractivity contribution is 9.09. The van der Waals surface area contributed by atoms with Crippen LogP contribution in [-0.2, 0) is 26.6 Å². The summed E-state index contributed by atoms with van der Waals surface area (Å²) < 4.78 is 32.2. The van der Waals surface area contributed by atoms with Gasteiger partial charge < -0.3 is 26.6 Å². The molecule has 0 heterocycles. The third-order valence-corrected chi connectivity index (χ3v) is 13.4. The molecule has 0 aromatic carbocycles. The van der Waals surface area contributed by atoms with Crippen LogP contribution in [0.2, 0.25) is 12.1 Å². The maximum Gasteiger partial charge on any atom is 0.501 e. The molecule has 0 aromatic rings. The highest BCUT2D eigenvalue weighted by Gasteiger charge is 2.38. The van der Waals surface area contributed by atoms with Crippen LogP contribution in [-0.4, -0.2) is 71.8 Å². The molecule has 0 aromatic heterocycles. The van der Waals surface area contributed by atoms with Crippen LogP contribution in [0.4, 0.5) is 0 Å². The van der Waals surface area contributed by atoms with Gasteiger partial charge in [0.1, 0.15) is 0 Å². The first-order valence-corrected chi connectivity index (χ1v) is 14.0. The van der Waals surface area contributed by atoms with Gasteiger partial charge in [-0.3, -0.25) is 0 Å². The molecule has 0 bridgehead atoms. The van der Waals surface area contributed by atoms with Crippen LogP contribution >= 0.6 is 31.4 Å². The van der Waals surface area contributed by atoms with Gasteiger partial charge in [0.05, 0.1) is 0 Å². The molecule has 0 aliphatic rings. The average Bonchev–Trinajstić information content (AvgIpc) is 2.55. The quantitative estimate of drug-likeness (QED) is 0.251. The van der Waals surface area contributed by atoms with Gasteiger partial charge in [-0.05, 0) is 9.83 Å². The Morgan fingerprint density at radius 2 is 0.857 bits per heavy atom. The van der Waals surface area contributed by atoms with Gasteiger partial charge >= 0.3 is 17.6 Å². The summed E-state index contributed by atoms with van der Waals surface area (Å²) in [6.07, 6.45) is 0. The molecule has 0 amide bonds. The molecule has 0 saturated carbocycles. The fourth-order valence-electron chi connectivity index (χ4n) is 1.55. The Morgan fingerprint density at radius 3 is 1.10 bits per heavy atom. The van der Waals surface area contributed by atoms with Crippen LogP contribution in [0.15, 0.2) is 0 Å². The largest absolute Gasteiger partial charge is 0.501 e. The van der Waals surface area contributed by atoms with Gasteiger partial charge in [0, 0.05) is 66.3 Å². The van der Waals surface area contributed by atoms with Gasteiger partial charge in [0.25, 0.3) is 0 Å². The fraction of sp³-hybridized carbons (Fsp3) is 1.00. The maximum atomic E-state index is 5.37. The lowest BCUT2D eigenvalue weighted by Gasteiger charge is -2.24. The van der Waals surface area contributed by atoms with Gasteiger partial charge in [0.2, 0.25) is 0 Å². The Hall–Kier alpha value is 1.24. The number of rotatable bonds is 14. The zero-order valence-electron chi connectivity index (χ0n) is 13.5. The molecular weight excluding hydrogens is 368 g/mol. The Labute approximate surface area is 141 Å². The molecule has 0 radical (unpaired) electrons. The molecule has 0 rings (SSSR count). The minimum Gasteiger partial charge on any atom is -0.377 e. The van der Waals surface area contributed by atoms with Crippen molar-refractivity contribution in [2.24, 2.45) is 0 Å². The first kappa shape index (κ1) is 22.2. The van der Waals surface area contributed by atoms with Gasteiger partial charge in [-0.1, -0.05) is 21.6 Å². The lowest BCUT2D eigenvalue weighted by Crippen LogP contribution is -2.43. The normalized spacial score (nSPS) is 12.9. The van der Waals surface area contributed by atoms with Crippen LogP contribution < -0.4 is 0 Å². The zero-order chi connectivity index (χ0) is 16.2. The van der Waals surface area contributed by atoms with Crippen molar-refractivity contribution in [3.63, 3.8) is 0 Å². The van der Waals surface area contributed by atoms with Crippen LogP contribution in [0.25, 0.3) is 0 Å². The molecule has 128 valence electrons. The monoisotopic (exact) mass is 394 g/mol. The van der Waals surface area contributed by atoms with Crippen molar-refractivity contribution in [3.05, 3.63) is 0 Å². The SMILES string of the molecule is CO[Si](CCSSSCC[Si](OC)(OC)OC)(OC)OC. The predicted molar refractivity (Wildman–Crippen MR) is 95.7 cm³/mol. The smallest absolute Gasteiger partial charge is 0.377 e. The summed E-state index contributed by atoms with van der Waals surface area (Å²) in [5.74, 6) is 1.83. The van der Waals surface area contributed by atoms with Crippen molar-refractivity contribution >= 4 is 49.0 Å². The van der Waals surface area contributed by atoms with Crippen molar-refractivity contribution in [1.82, 2.24) is 0 Å². The molecule has 0 saturated heterocycles. The van der Waals surface area contributed by atoms with E-state index in [0.717, 1.165) is 23.6 Å². The molecule has 0 fully saturated rings. The third kappa shape index (κ3) is 8.06. The molecule has 0 aliphatic carbocycles.